The quantitative estimate of drug-likeness (QED) is 0.565. The number of benzene rings is 2. The molecule has 36 heavy (non-hydrogen) atoms. The Hall–Kier alpha value is -3.47. The van der Waals surface area contributed by atoms with Crippen molar-refractivity contribution >= 4 is 35.0 Å². The Morgan fingerprint density at radius 2 is 2.00 bits per heavy atom. The molecule has 1 fully saturated rings. The molecule has 1 saturated heterocycles. The predicted molar refractivity (Wildman–Crippen MR) is 133 cm³/mol. The number of fused-ring (bicyclic) bond motifs is 1. The first-order valence-electron chi connectivity index (χ1n) is 11.7. The molecule has 2 amide bonds. The third kappa shape index (κ3) is 4.79. The zero-order chi connectivity index (χ0) is 25.4. The maximum absolute atomic E-state index is 15.0. The molecule has 2 aliphatic rings. The number of carbonyl (C=O) groups is 2. The molecule has 2 aliphatic heterocycles. The van der Waals surface area contributed by atoms with E-state index >= 15 is 4.39 Å². The minimum absolute atomic E-state index is 0.118. The number of anilines is 2. The van der Waals surface area contributed by atoms with E-state index in [4.69, 9.17) is 0 Å². The SMILES string of the molecule is C[C@H]1CCN(c2cc3c(cc2F)N(C)C(=O)[C@@H](NC(=O)c2ncn(Cc4ccccc4F)n2)CS3)C1. The van der Waals surface area contributed by atoms with Gasteiger partial charge in [-0.2, -0.15) is 0 Å². The second-order valence-corrected chi connectivity index (χ2v) is 10.3. The molecule has 5 rings (SSSR count). The molecular formula is C25H26F2N6O2S. The van der Waals surface area contributed by atoms with E-state index in [2.05, 4.69) is 22.3 Å². The first kappa shape index (κ1) is 24.2. The fraction of sp³-hybridized carbons (Fsp3) is 0.360. The molecule has 2 atom stereocenters. The topological polar surface area (TPSA) is 83.4 Å². The van der Waals surface area contributed by atoms with E-state index < -0.39 is 11.9 Å². The van der Waals surface area contributed by atoms with Gasteiger partial charge in [0.2, 0.25) is 11.7 Å². The standard InChI is InChI=1S/C25H26F2N6O2S/c1-15-7-8-32(11-15)20-10-22-21(9-18(20)27)31(2)25(35)19(13-36-22)29-24(34)23-28-14-33(30-23)12-16-5-3-4-6-17(16)26/h3-6,9-10,14-15,19H,7-8,11-13H2,1-2H3,(H,29,34)/t15-,19-/m0/s1. The van der Waals surface area contributed by atoms with Crippen molar-refractivity contribution in [3.8, 4) is 0 Å². The Bertz CT molecular complexity index is 1320. The molecule has 188 valence electrons. The lowest BCUT2D eigenvalue weighted by molar-refractivity contribution is -0.119. The van der Waals surface area contributed by atoms with E-state index in [1.807, 2.05) is 4.90 Å². The second-order valence-electron chi connectivity index (χ2n) is 9.20. The van der Waals surface area contributed by atoms with Crippen LogP contribution in [0.3, 0.4) is 0 Å². The molecule has 8 nitrogen and oxygen atoms in total. The van der Waals surface area contributed by atoms with Crippen molar-refractivity contribution < 1.29 is 18.4 Å². The van der Waals surface area contributed by atoms with E-state index in [-0.39, 0.29) is 35.7 Å². The highest BCUT2D eigenvalue weighted by atomic mass is 32.2. The summed E-state index contributed by atoms with van der Waals surface area (Å²) in [5.41, 5.74) is 1.43. The van der Waals surface area contributed by atoms with Crippen LogP contribution in [-0.4, -0.2) is 58.5 Å². The number of hydrogen-bond donors (Lipinski definition) is 1. The summed E-state index contributed by atoms with van der Waals surface area (Å²) in [6, 6.07) is 8.64. The lowest BCUT2D eigenvalue weighted by atomic mass is 10.2. The first-order chi connectivity index (χ1) is 17.3. The third-order valence-corrected chi connectivity index (χ3v) is 7.66. The number of rotatable bonds is 5. The van der Waals surface area contributed by atoms with Crippen molar-refractivity contribution in [2.75, 3.05) is 35.7 Å². The molecule has 0 spiro atoms. The van der Waals surface area contributed by atoms with E-state index in [1.54, 1.807) is 31.3 Å². The average molecular weight is 513 g/mol. The van der Waals surface area contributed by atoms with Crippen LogP contribution in [-0.2, 0) is 11.3 Å². The lowest BCUT2D eigenvalue weighted by Crippen LogP contribution is -2.48. The van der Waals surface area contributed by atoms with Gasteiger partial charge in [0.25, 0.3) is 5.91 Å². The Morgan fingerprint density at radius 1 is 1.19 bits per heavy atom. The van der Waals surface area contributed by atoms with Crippen LogP contribution >= 0.6 is 11.8 Å². The van der Waals surface area contributed by atoms with Gasteiger partial charge in [-0.3, -0.25) is 9.59 Å². The smallest absolute Gasteiger partial charge is 0.291 e. The first-order valence-corrected chi connectivity index (χ1v) is 12.7. The van der Waals surface area contributed by atoms with Crippen molar-refractivity contribution in [1.82, 2.24) is 20.1 Å². The number of nitrogens with zero attached hydrogens (tertiary/aromatic N) is 5. The van der Waals surface area contributed by atoms with Gasteiger partial charge in [-0.15, -0.1) is 16.9 Å². The summed E-state index contributed by atoms with van der Waals surface area (Å²) in [7, 11) is 1.57. The maximum Gasteiger partial charge on any atom is 0.291 e. The molecule has 0 bridgehead atoms. The molecule has 2 aromatic carbocycles. The van der Waals surface area contributed by atoms with Gasteiger partial charge in [-0.1, -0.05) is 25.1 Å². The van der Waals surface area contributed by atoms with Crippen LogP contribution in [0.15, 0.2) is 47.6 Å². The minimum atomic E-state index is -0.850. The number of nitrogens with one attached hydrogen (secondary N) is 1. The van der Waals surface area contributed by atoms with Crippen molar-refractivity contribution in [3.05, 3.63) is 65.7 Å². The molecule has 0 saturated carbocycles. The number of likely N-dealkylation sites (N-methyl/N-ethyl adjacent to an activating group) is 1. The number of hydrogen-bond acceptors (Lipinski definition) is 6. The van der Waals surface area contributed by atoms with Crippen LogP contribution in [0.4, 0.5) is 20.2 Å². The zero-order valence-corrected chi connectivity index (χ0v) is 20.8. The molecule has 11 heteroatoms. The summed E-state index contributed by atoms with van der Waals surface area (Å²) in [5, 5.41) is 6.83. The van der Waals surface area contributed by atoms with Crippen LogP contribution in [0.25, 0.3) is 0 Å². The van der Waals surface area contributed by atoms with Crippen LogP contribution in [0, 0.1) is 17.6 Å². The Kier molecular flexibility index (Phi) is 6.65. The van der Waals surface area contributed by atoms with Crippen LogP contribution in [0.5, 0.6) is 0 Å². The second kappa shape index (κ2) is 9.88. The van der Waals surface area contributed by atoms with Crippen LogP contribution in [0.1, 0.15) is 29.5 Å². The van der Waals surface area contributed by atoms with E-state index in [0.29, 0.717) is 22.9 Å². The van der Waals surface area contributed by atoms with Crippen molar-refractivity contribution in [3.63, 3.8) is 0 Å². The van der Waals surface area contributed by atoms with Gasteiger partial charge in [-0.05, 0) is 24.5 Å². The van der Waals surface area contributed by atoms with Gasteiger partial charge < -0.3 is 15.1 Å². The Morgan fingerprint density at radius 3 is 2.75 bits per heavy atom. The van der Waals surface area contributed by atoms with Gasteiger partial charge in [0.15, 0.2) is 0 Å². The molecule has 3 aromatic rings. The van der Waals surface area contributed by atoms with Crippen LogP contribution in [0.2, 0.25) is 0 Å². The van der Waals surface area contributed by atoms with Crippen molar-refractivity contribution in [2.45, 2.75) is 30.8 Å². The Labute approximate surface area is 211 Å². The lowest BCUT2D eigenvalue weighted by Gasteiger charge is -2.24. The van der Waals surface area contributed by atoms with Crippen molar-refractivity contribution in [2.24, 2.45) is 5.92 Å². The molecule has 3 heterocycles. The zero-order valence-electron chi connectivity index (χ0n) is 19.9. The number of halogens is 2. The number of thioether (sulfide) groups is 1. The predicted octanol–water partition coefficient (Wildman–Crippen LogP) is 3.32. The van der Waals surface area contributed by atoms with Gasteiger partial charge in [-0.25, -0.2) is 18.4 Å². The molecule has 0 radical (unpaired) electrons. The molecule has 0 unspecified atom stereocenters. The van der Waals surface area contributed by atoms with Crippen LogP contribution < -0.4 is 15.1 Å². The molecule has 1 aromatic heterocycles. The van der Waals surface area contributed by atoms with Gasteiger partial charge in [0.05, 0.1) is 17.9 Å². The molecular weight excluding hydrogens is 486 g/mol. The largest absolute Gasteiger partial charge is 0.369 e. The fourth-order valence-corrected chi connectivity index (χ4v) is 5.62. The van der Waals surface area contributed by atoms with Gasteiger partial charge in [0.1, 0.15) is 24.0 Å². The van der Waals surface area contributed by atoms with E-state index in [9.17, 15) is 14.0 Å². The minimum Gasteiger partial charge on any atom is -0.369 e. The molecule has 0 aliphatic carbocycles. The Balaban J connectivity index is 1.29. The normalized spacial score (nSPS) is 19.8. The van der Waals surface area contributed by atoms with E-state index in [0.717, 1.165) is 24.4 Å². The highest BCUT2D eigenvalue weighted by Gasteiger charge is 2.32. The van der Waals surface area contributed by atoms with Gasteiger partial charge >= 0.3 is 0 Å². The molecule has 1 N–H and O–H groups in total. The monoisotopic (exact) mass is 512 g/mol. The van der Waals surface area contributed by atoms with E-state index in [1.165, 1.54) is 39.8 Å². The maximum atomic E-state index is 15.0. The number of aromatic nitrogens is 3. The summed E-state index contributed by atoms with van der Waals surface area (Å²) in [6.45, 7) is 3.86. The fourth-order valence-electron chi connectivity index (χ4n) is 4.51. The number of carbonyl (C=O) groups excluding carboxylic acids is 2. The number of amides is 2. The highest BCUT2D eigenvalue weighted by molar-refractivity contribution is 7.99. The summed E-state index contributed by atoms with van der Waals surface area (Å²) in [4.78, 5) is 34.2. The summed E-state index contributed by atoms with van der Waals surface area (Å²) in [5.74, 6) is -1.05. The summed E-state index contributed by atoms with van der Waals surface area (Å²) in [6.07, 6.45) is 2.36. The third-order valence-electron chi connectivity index (χ3n) is 6.52. The average Bonchev–Trinajstić information content (AvgIpc) is 3.49. The highest BCUT2D eigenvalue weighted by Crippen LogP contribution is 2.39. The van der Waals surface area contributed by atoms with Crippen molar-refractivity contribution in [1.29, 1.82) is 0 Å². The summed E-state index contributed by atoms with van der Waals surface area (Å²) < 4.78 is 30.3. The summed E-state index contributed by atoms with van der Waals surface area (Å²) >= 11 is 1.40. The van der Waals surface area contributed by atoms with Gasteiger partial charge in [0, 0.05) is 42.4 Å².